The van der Waals surface area contributed by atoms with E-state index >= 15 is 0 Å². The molecule has 0 radical (unpaired) electrons. The van der Waals surface area contributed by atoms with Gasteiger partial charge in [0.2, 0.25) is 0 Å². The van der Waals surface area contributed by atoms with Crippen LogP contribution in [0.5, 0.6) is 5.75 Å². The van der Waals surface area contributed by atoms with Crippen LogP contribution in [0, 0.1) is 11.6 Å². The minimum atomic E-state index is -0.413. The van der Waals surface area contributed by atoms with Crippen molar-refractivity contribution < 1.29 is 18.3 Å². The lowest BCUT2D eigenvalue weighted by Crippen LogP contribution is -2.04. The second-order valence-corrected chi connectivity index (χ2v) is 6.53. The summed E-state index contributed by atoms with van der Waals surface area (Å²) in [7, 11) is 0. The van der Waals surface area contributed by atoms with Crippen molar-refractivity contribution in [1.82, 2.24) is 14.6 Å². The topological polar surface area (TPSA) is 56.5 Å². The van der Waals surface area contributed by atoms with Crippen LogP contribution in [0.4, 0.5) is 8.78 Å². The van der Waals surface area contributed by atoms with Gasteiger partial charge in [0.15, 0.2) is 11.4 Å². The maximum Gasteiger partial charge on any atom is 0.163 e. The van der Waals surface area contributed by atoms with E-state index in [4.69, 9.17) is 4.74 Å². The Balaban J connectivity index is 1.42. The Kier molecular flexibility index (Phi) is 5.29. The van der Waals surface area contributed by atoms with Gasteiger partial charge in [0.05, 0.1) is 0 Å². The van der Waals surface area contributed by atoms with Gasteiger partial charge in [-0.3, -0.25) is 4.79 Å². The molecule has 29 heavy (non-hydrogen) atoms. The van der Waals surface area contributed by atoms with Crippen molar-refractivity contribution in [3.63, 3.8) is 0 Å². The van der Waals surface area contributed by atoms with Crippen LogP contribution in [-0.4, -0.2) is 20.4 Å². The van der Waals surface area contributed by atoms with Gasteiger partial charge >= 0.3 is 0 Å². The van der Waals surface area contributed by atoms with Gasteiger partial charge in [-0.05, 0) is 48.4 Å². The molecule has 0 atom stereocenters. The molecule has 0 aliphatic carbocycles. The van der Waals surface area contributed by atoms with E-state index in [2.05, 4.69) is 10.1 Å². The van der Waals surface area contributed by atoms with Gasteiger partial charge in [0.1, 0.15) is 30.3 Å². The number of hydrogen-bond acceptors (Lipinski definition) is 4. The first-order valence-corrected chi connectivity index (χ1v) is 9.07. The number of rotatable bonds is 7. The van der Waals surface area contributed by atoms with E-state index in [1.54, 1.807) is 47.1 Å². The minimum Gasteiger partial charge on any atom is -0.489 e. The maximum atomic E-state index is 14.2. The molecule has 0 bridgehead atoms. The van der Waals surface area contributed by atoms with Crippen LogP contribution in [0.3, 0.4) is 0 Å². The molecule has 5 nitrogen and oxygen atoms in total. The zero-order chi connectivity index (χ0) is 20.2. The fourth-order valence-corrected chi connectivity index (χ4v) is 2.99. The molecule has 2 heterocycles. The summed E-state index contributed by atoms with van der Waals surface area (Å²) in [6.07, 6.45) is 3.43. The summed E-state index contributed by atoms with van der Waals surface area (Å²) in [6, 6.07) is 14.0. The molecule has 4 aromatic rings. The number of halogens is 2. The van der Waals surface area contributed by atoms with Crippen molar-refractivity contribution >= 4 is 11.4 Å². The van der Waals surface area contributed by atoms with Gasteiger partial charge < -0.3 is 4.74 Å². The zero-order valence-corrected chi connectivity index (χ0v) is 15.4. The molecule has 0 unspecified atom stereocenters. The third kappa shape index (κ3) is 4.29. The average Bonchev–Trinajstić information content (AvgIpc) is 3.21. The number of ether oxygens (including phenoxy) is 1. The van der Waals surface area contributed by atoms with Crippen molar-refractivity contribution in [2.75, 3.05) is 0 Å². The van der Waals surface area contributed by atoms with Gasteiger partial charge in [-0.15, -0.1) is 0 Å². The van der Waals surface area contributed by atoms with Gasteiger partial charge in [0.25, 0.3) is 0 Å². The quantitative estimate of drug-likeness (QED) is 0.437. The Labute approximate surface area is 165 Å². The van der Waals surface area contributed by atoms with Gasteiger partial charge in [0, 0.05) is 23.7 Å². The first-order valence-electron chi connectivity index (χ1n) is 9.07. The Hall–Kier alpha value is -3.61. The predicted molar refractivity (Wildman–Crippen MR) is 103 cm³/mol. The predicted octanol–water partition coefficient (Wildman–Crippen LogP) is 4.40. The fourth-order valence-electron chi connectivity index (χ4n) is 2.99. The molecule has 2 aromatic carbocycles. The van der Waals surface area contributed by atoms with Crippen LogP contribution in [0.15, 0.2) is 67.1 Å². The molecular weight excluding hydrogens is 376 g/mol. The third-order valence-electron chi connectivity index (χ3n) is 4.59. The lowest BCUT2D eigenvalue weighted by molar-refractivity contribution is 0.0982. The highest BCUT2D eigenvalue weighted by Crippen LogP contribution is 2.21. The summed E-state index contributed by atoms with van der Waals surface area (Å²) in [5.41, 5.74) is 1.86. The molecule has 146 valence electrons. The number of carbonyl (C=O) groups excluding carboxylic acids is 1. The largest absolute Gasteiger partial charge is 0.489 e. The number of ketones is 1. The van der Waals surface area contributed by atoms with Crippen LogP contribution in [0.25, 0.3) is 5.65 Å². The second kappa shape index (κ2) is 8.18. The highest BCUT2D eigenvalue weighted by atomic mass is 19.1. The van der Waals surface area contributed by atoms with Crippen molar-refractivity contribution in [3.8, 4) is 5.75 Å². The number of Topliss-reactive ketones (excluding diaryl/α,β-unsaturated/α-hetero) is 1. The first-order chi connectivity index (χ1) is 14.1. The molecule has 0 aliphatic heterocycles. The summed E-state index contributed by atoms with van der Waals surface area (Å²) in [5.74, 6) is -0.469. The van der Waals surface area contributed by atoms with E-state index in [-0.39, 0.29) is 31.0 Å². The van der Waals surface area contributed by atoms with E-state index in [0.29, 0.717) is 28.1 Å². The van der Waals surface area contributed by atoms with Crippen molar-refractivity contribution in [3.05, 3.63) is 95.4 Å². The highest BCUT2D eigenvalue weighted by molar-refractivity contribution is 5.96. The van der Waals surface area contributed by atoms with Gasteiger partial charge in [-0.1, -0.05) is 18.2 Å². The molecule has 0 saturated heterocycles. The summed E-state index contributed by atoms with van der Waals surface area (Å²) in [5, 5.41) is 3.99. The summed E-state index contributed by atoms with van der Waals surface area (Å²) in [6.45, 7) is 0.0367. The summed E-state index contributed by atoms with van der Waals surface area (Å²) < 4.78 is 35.0. The number of fused-ring (bicyclic) bond motifs is 1. The maximum absolute atomic E-state index is 14.2. The third-order valence-corrected chi connectivity index (χ3v) is 4.59. The molecule has 7 heteroatoms. The fraction of sp³-hybridized carbons (Fsp3) is 0.136. The van der Waals surface area contributed by atoms with Crippen LogP contribution in [0.2, 0.25) is 0 Å². The summed E-state index contributed by atoms with van der Waals surface area (Å²) in [4.78, 5) is 16.5. The summed E-state index contributed by atoms with van der Waals surface area (Å²) >= 11 is 0. The number of nitrogens with zero attached hydrogens (tertiary/aromatic N) is 3. The Morgan fingerprint density at radius 2 is 1.83 bits per heavy atom. The number of aromatic nitrogens is 3. The van der Waals surface area contributed by atoms with Crippen molar-refractivity contribution in [2.45, 2.75) is 19.4 Å². The molecule has 4 rings (SSSR count). The number of pyridine rings is 1. The molecular formula is C22H17F2N3O2. The molecule has 2 aromatic heterocycles. The van der Waals surface area contributed by atoms with E-state index in [9.17, 15) is 13.6 Å². The number of carbonyl (C=O) groups is 1. The minimum absolute atomic E-state index is 0.0367. The van der Waals surface area contributed by atoms with E-state index < -0.39 is 5.82 Å². The molecule has 0 N–H and O–H groups in total. The Morgan fingerprint density at radius 3 is 2.69 bits per heavy atom. The number of aryl methyl sites for hydroxylation is 1. The van der Waals surface area contributed by atoms with Gasteiger partial charge in [-0.25, -0.2) is 18.3 Å². The smallest absolute Gasteiger partial charge is 0.163 e. The van der Waals surface area contributed by atoms with E-state index in [1.807, 2.05) is 0 Å². The van der Waals surface area contributed by atoms with E-state index in [0.717, 1.165) is 0 Å². The lowest BCUT2D eigenvalue weighted by atomic mass is 10.0. The highest BCUT2D eigenvalue weighted by Gasteiger charge is 2.11. The van der Waals surface area contributed by atoms with Crippen molar-refractivity contribution in [1.29, 1.82) is 0 Å². The standard InChI is InChI=1S/C22H17F2N3O2/c23-19-4-2-1-3-17(19)13-29-18-6-7-20(24)15(11-18)5-8-21(28)16-9-10-27-22(12-16)25-14-26-27/h1-4,6-7,9-12,14H,5,8,13H2. The molecule has 0 aliphatic rings. The van der Waals surface area contributed by atoms with E-state index in [1.165, 1.54) is 24.5 Å². The number of benzene rings is 2. The van der Waals surface area contributed by atoms with Gasteiger partial charge in [-0.2, -0.15) is 5.10 Å². The van der Waals surface area contributed by atoms with Crippen LogP contribution in [0.1, 0.15) is 27.9 Å². The van der Waals surface area contributed by atoms with Crippen molar-refractivity contribution in [2.24, 2.45) is 0 Å². The molecule has 0 spiro atoms. The average molecular weight is 393 g/mol. The molecule has 0 fully saturated rings. The SMILES string of the molecule is O=C(CCc1cc(OCc2ccccc2F)ccc1F)c1ccn2ncnc2c1. The molecule has 0 saturated carbocycles. The zero-order valence-electron chi connectivity index (χ0n) is 15.4. The number of hydrogen-bond donors (Lipinski definition) is 0. The normalized spacial score (nSPS) is 11.0. The Morgan fingerprint density at radius 1 is 1.00 bits per heavy atom. The van der Waals surface area contributed by atoms with Crippen LogP contribution >= 0.6 is 0 Å². The monoisotopic (exact) mass is 393 g/mol. The first kappa shape index (κ1) is 18.7. The Bertz CT molecular complexity index is 1170. The second-order valence-electron chi connectivity index (χ2n) is 6.53. The lowest BCUT2D eigenvalue weighted by Gasteiger charge is -2.10. The van der Waals surface area contributed by atoms with Crippen LogP contribution < -0.4 is 4.74 Å². The molecule has 0 amide bonds. The van der Waals surface area contributed by atoms with Crippen LogP contribution in [-0.2, 0) is 13.0 Å².